The minimum absolute atomic E-state index is 0.341. The Morgan fingerprint density at radius 2 is 2.18 bits per heavy atom. The van der Waals surface area contributed by atoms with Gasteiger partial charge in [-0.1, -0.05) is 15.9 Å². The molecule has 0 atom stereocenters. The number of hydrogen-bond acceptors (Lipinski definition) is 2. The second-order valence-electron chi connectivity index (χ2n) is 2.10. The molecule has 0 heterocycles. The fourth-order valence-electron chi connectivity index (χ4n) is 0.857. The summed E-state index contributed by atoms with van der Waals surface area (Å²) in [5, 5.41) is 2.67. The van der Waals surface area contributed by atoms with Crippen LogP contribution in [0.4, 0.5) is 15.8 Å². The van der Waals surface area contributed by atoms with Gasteiger partial charge in [0.15, 0.2) is 0 Å². The Labute approximate surface area is 72.7 Å². The Morgan fingerprint density at radius 1 is 1.55 bits per heavy atom. The lowest BCUT2D eigenvalue weighted by Crippen LogP contribution is -1.98. The number of hydrogen-bond donors (Lipinski definition) is 2. The van der Waals surface area contributed by atoms with Crippen molar-refractivity contribution in [1.82, 2.24) is 0 Å². The van der Waals surface area contributed by atoms with E-state index in [0.29, 0.717) is 15.8 Å². The van der Waals surface area contributed by atoms with E-state index in [2.05, 4.69) is 21.2 Å². The molecule has 11 heavy (non-hydrogen) atoms. The summed E-state index contributed by atoms with van der Waals surface area (Å²) in [5.41, 5.74) is 6.24. The van der Waals surface area contributed by atoms with Crippen LogP contribution in [0, 0.1) is 5.82 Å². The second-order valence-corrected chi connectivity index (χ2v) is 3.02. The van der Waals surface area contributed by atoms with Crippen molar-refractivity contribution in [2.24, 2.45) is 0 Å². The molecule has 0 unspecified atom stereocenters. The van der Waals surface area contributed by atoms with E-state index >= 15 is 0 Å². The molecule has 2 nitrogen and oxygen atoms in total. The third-order valence-corrected chi connectivity index (χ3v) is 1.79. The number of rotatable bonds is 1. The van der Waals surface area contributed by atoms with E-state index in [0.717, 1.165) is 0 Å². The van der Waals surface area contributed by atoms with Crippen LogP contribution < -0.4 is 11.1 Å². The minimum atomic E-state index is -0.348. The van der Waals surface area contributed by atoms with Crippen molar-refractivity contribution in [3.8, 4) is 0 Å². The molecule has 0 aromatic heterocycles. The van der Waals surface area contributed by atoms with Crippen LogP contribution in [0.1, 0.15) is 0 Å². The van der Waals surface area contributed by atoms with Crippen molar-refractivity contribution in [2.75, 3.05) is 18.1 Å². The van der Waals surface area contributed by atoms with Crippen molar-refractivity contribution in [3.63, 3.8) is 0 Å². The zero-order chi connectivity index (χ0) is 8.43. The molecule has 0 bridgehead atoms. The molecule has 0 amide bonds. The van der Waals surface area contributed by atoms with Gasteiger partial charge in [-0.15, -0.1) is 0 Å². The third-order valence-electron chi connectivity index (χ3n) is 1.34. The Morgan fingerprint density at radius 3 is 2.64 bits per heavy atom. The highest BCUT2D eigenvalue weighted by molar-refractivity contribution is 9.10. The van der Waals surface area contributed by atoms with Gasteiger partial charge >= 0.3 is 0 Å². The maximum absolute atomic E-state index is 12.9. The van der Waals surface area contributed by atoms with Gasteiger partial charge in [-0.3, -0.25) is 0 Å². The summed E-state index contributed by atoms with van der Waals surface area (Å²) in [6, 6.07) is 3.01. The number of benzene rings is 1. The maximum Gasteiger partial charge on any atom is 0.149 e. The summed E-state index contributed by atoms with van der Waals surface area (Å²) in [6.07, 6.45) is 0. The smallest absolute Gasteiger partial charge is 0.149 e. The molecule has 1 aromatic carbocycles. The van der Waals surface area contributed by atoms with Crippen LogP contribution in [0.2, 0.25) is 0 Å². The van der Waals surface area contributed by atoms with E-state index in [4.69, 9.17) is 5.73 Å². The fourth-order valence-corrected chi connectivity index (χ4v) is 1.30. The molecule has 4 heteroatoms. The van der Waals surface area contributed by atoms with Gasteiger partial charge in [0, 0.05) is 11.5 Å². The van der Waals surface area contributed by atoms with Crippen molar-refractivity contribution >= 4 is 27.3 Å². The van der Waals surface area contributed by atoms with Gasteiger partial charge in [0.05, 0.1) is 11.4 Å². The van der Waals surface area contributed by atoms with Crippen LogP contribution >= 0.6 is 15.9 Å². The molecular formula is C7H8BrFN2. The highest BCUT2D eigenvalue weighted by Crippen LogP contribution is 2.26. The quantitative estimate of drug-likeness (QED) is 0.710. The van der Waals surface area contributed by atoms with E-state index < -0.39 is 0 Å². The minimum Gasteiger partial charge on any atom is -0.397 e. The summed E-state index contributed by atoms with van der Waals surface area (Å²) in [7, 11) is 1.63. The first-order valence-corrected chi connectivity index (χ1v) is 3.86. The molecule has 0 aliphatic rings. The van der Waals surface area contributed by atoms with Crippen molar-refractivity contribution in [3.05, 3.63) is 22.4 Å². The van der Waals surface area contributed by atoms with E-state index in [9.17, 15) is 4.39 Å². The van der Waals surface area contributed by atoms with Gasteiger partial charge in [-0.05, 0) is 12.1 Å². The van der Waals surface area contributed by atoms with Gasteiger partial charge in [-0.2, -0.15) is 0 Å². The molecule has 0 aliphatic carbocycles. The van der Waals surface area contributed by atoms with Crippen molar-refractivity contribution in [1.29, 1.82) is 0 Å². The maximum atomic E-state index is 12.9. The Bertz CT molecular complexity index is 252. The first kappa shape index (κ1) is 8.33. The highest BCUT2D eigenvalue weighted by atomic mass is 79.9. The van der Waals surface area contributed by atoms with Gasteiger partial charge in [0.1, 0.15) is 5.82 Å². The fraction of sp³-hybridized carbons (Fsp3) is 0.143. The van der Waals surface area contributed by atoms with Crippen LogP contribution in [0.5, 0.6) is 0 Å². The summed E-state index contributed by atoms with van der Waals surface area (Å²) in [4.78, 5) is 0. The monoisotopic (exact) mass is 218 g/mol. The molecule has 0 radical (unpaired) electrons. The standard InChI is InChI=1S/C7H8BrFN2/c1-11-7-5(9)2-4(8)3-6(7)10/h2-3,11H,10H2,1H3. The lowest BCUT2D eigenvalue weighted by molar-refractivity contribution is 0.631. The van der Waals surface area contributed by atoms with Crippen LogP contribution in [0.15, 0.2) is 16.6 Å². The molecule has 0 saturated carbocycles. The second kappa shape index (κ2) is 3.09. The zero-order valence-electron chi connectivity index (χ0n) is 5.99. The molecule has 0 spiro atoms. The van der Waals surface area contributed by atoms with E-state index in [1.807, 2.05) is 0 Å². The summed E-state index contributed by atoms with van der Waals surface area (Å²) in [6.45, 7) is 0. The van der Waals surface area contributed by atoms with Gasteiger partial charge in [0.25, 0.3) is 0 Å². The Balaban J connectivity index is 3.25. The Hall–Kier alpha value is -0.770. The first-order valence-electron chi connectivity index (χ1n) is 3.07. The molecule has 60 valence electrons. The van der Waals surface area contributed by atoms with Crippen molar-refractivity contribution < 1.29 is 4.39 Å². The highest BCUT2D eigenvalue weighted by Gasteiger charge is 2.04. The predicted molar refractivity (Wildman–Crippen MR) is 48.1 cm³/mol. The van der Waals surface area contributed by atoms with Crippen molar-refractivity contribution in [2.45, 2.75) is 0 Å². The van der Waals surface area contributed by atoms with E-state index in [-0.39, 0.29) is 5.82 Å². The molecule has 0 fully saturated rings. The van der Waals surface area contributed by atoms with Gasteiger partial charge in [0.2, 0.25) is 0 Å². The number of nitrogen functional groups attached to an aromatic ring is 1. The van der Waals surface area contributed by atoms with Crippen LogP contribution in [0.3, 0.4) is 0 Å². The molecule has 3 N–H and O–H groups in total. The van der Waals surface area contributed by atoms with E-state index in [1.165, 1.54) is 6.07 Å². The predicted octanol–water partition coefficient (Wildman–Crippen LogP) is 2.21. The number of anilines is 2. The largest absolute Gasteiger partial charge is 0.397 e. The first-order chi connectivity index (χ1) is 5.15. The topological polar surface area (TPSA) is 38.0 Å². The average Bonchev–Trinajstić information content (AvgIpc) is 1.85. The number of nitrogens with two attached hydrogens (primary N) is 1. The van der Waals surface area contributed by atoms with Gasteiger partial charge < -0.3 is 11.1 Å². The number of nitrogens with one attached hydrogen (secondary N) is 1. The summed E-state index contributed by atoms with van der Waals surface area (Å²) < 4.78 is 13.6. The molecule has 1 aromatic rings. The lowest BCUT2D eigenvalue weighted by Gasteiger charge is -2.05. The normalized spacial score (nSPS) is 9.73. The summed E-state index contributed by atoms with van der Waals surface area (Å²) >= 11 is 3.13. The van der Waals surface area contributed by atoms with Crippen LogP contribution in [-0.2, 0) is 0 Å². The van der Waals surface area contributed by atoms with E-state index in [1.54, 1.807) is 13.1 Å². The zero-order valence-corrected chi connectivity index (χ0v) is 7.57. The Kier molecular flexibility index (Phi) is 2.34. The average molecular weight is 219 g/mol. The molecule has 0 saturated heterocycles. The molecular weight excluding hydrogens is 211 g/mol. The van der Waals surface area contributed by atoms with Gasteiger partial charge in [-0.25, -0.2) is 4.39 Å². The molecule has 0 aliphatic heterocycles. The summed E-state index contributed by atoms with van der Waals surface area (Å²) in [5.74, 6) is -0.348. The van der Waals surface area contributed by atoms with Crippen LogP contribution in [0.25, 0.3) is 0 Å². The van der Waals surface area contributed by atoms with Crippen LogP contribution in [-0.4, -0.2) is 7.05 Å². The third kappa shape index (κ3) is 1.63. The molecule has 1 rings (SSSR count). The SMILES string of the molecule is CNc1c(N)cc(Br)cc1F. The number of halogens is 2. The lowest BCUT2D eigenvalue weighted by atomic mass is 10.2.